The molecule has 12 heteroatoms. The van der Waals surface area contributed by atoms with Crippen molar-refractivity contribution in [2.45, 2.75) is 149 Å². The summed E-state index contributed by atoms with van der Waals surface area (Å²) >= 11 is 0. The standard InChI is InChI=1S/C33H59N5O7/c1-33(2,3)29(40)26-45-25-24-44-23-17-18-27(39)21-22-28(32(42)43)34-31(41)20-16-14-12-10-8-6-4-5-7-9-11-13-15-19-30-35-37-38-36-30/h28H,4-26H2,1-3H3,(H,34,41)(H,42,43)(H,35,36,37,38). The summed E-state index contributed by atoms with van der Waals surface area (Å²) in [7, 11) is 0. The molecule has 1 aromatic heterocycles. The molecular formula is C33H59N5O7. The van der Waals surface area contributed by atoms with Crippen LogP contribution in [0.4, 0.5) is 0 Å². The molecule has 1 aromatic rings. The normalized spacial score (nSPS) is 12.2. The lowest BCUT2D eigenvalue weighted by atomic mass is 9.91. The summed E-state index contributed by atoms with van der Waals surface area (Å²) in [6, 6.07) is -1.05. The molecule has 0 bridgehead atoms. The van der Waals surface area contributed by atoms with E-state index in [0.29, 0.717) is 32.7 Å². The van der Waals surface area contributed by atoms with E-state index in [0.717, 1.165) is 44.3 Å². The first-order chi connectivity index (χ1) is 21.6. The van der Waals surface area contributed by atoms with E-state index in [1.54, 1.807) is 0 Å². The first-order valence-electron chi connectivity index (χ1n) is 17.0. The average Bonchev–Trinajstić information content (AvgIpc) is 3.51. The minimum atomic E-state index is -1.12. The van der Waals surface area contributed by atoms with Crippen LogP contribution in [-0.4, -0.2) is 81.6 Å². The molecule has 0 fully saturated rings. The number of hydrogen-bond acceptors (Lipinski definition) is 9. The third kappa shape index (κ3) is 23.3. The van der Waals surface area contributed by atoms with E-state index in [4.69, 9.17) is 9.47 Å². The molecule has 0 saturated carbocycles. The van der Waals surface area contributed by atoms with Crippen molar-refractivity contribution in [3.63, 3.8) is 0 Å². The van der Waals surface area contributed by atoms with Gasteiger partial charge in [-0.15, -0.1) is 10.2 Å². The lowest BCUT2D eigenvalue weighted by molar-refractivity contribution is -0.142. The first kappa shape index (κ1) is 40.3. The van der Waals surface area contributed by atoms with Crippen molar-refractivity contribution in [1.82, 2.24) is 25.9 Å². The van der Waals surface area contributed by atoms with E-state index in [1.807, 2.05) is 20.8 Å². The quantitative estimate of drug-likeness (QED) is 0.0907. The van der Waals surface area contributed by atoms with E-state index < -0.39 is 17.4 Å². The zero-order chi connectivity index (χ0) is 33.2. The van der Waals surface area contributed by atoms with Crippen LogP contribution in [-0.2, 0) is 35.1 Å². The van der Waals surface area contributed by atoms with E-state index in [1.165, 1.54) is 51.4 Å². The Labute approximate surface area is 269 Å². The fourth-order valence-electron chi connectivity index (χ4n) is 4.73. The smallest absolute Gasteiger partial charge is 0.326 e. The number of aromatic amines is 1. The van der Waals surface area contributed by atoms with Crippen molar-refractivity contribution >= 4 is 23.4 Å². The number of ketones is 2. The number of carboxylic acid groups (broad SMARTS) is 1. The van der Waals surface area contributed by atoms with Crippen molar-refractivity contribution in [3.05, 3.63) is 5.82 Å². The van der Waals surface area contributed by atoms with E-state index in [9.17, 15) is 24.3 Å². The van der Waals surface area contributed by atoms with Crippen LogP contribution in [0.25, 0.3) is 0 Å². The molecule has 12 nitrogen and oxygen atoms in total. The zero-order valence-corrected chi connectivity index (χ0v) is 28.1. The van der Waals surface area contributed by atoms with Gasteiger partial charge in [-0.2, -0.15) is 5.21 Å². The molecule has 0 aliphatic rings. The zero-order valence-electron chi connectivity index (χ0n) is 28.1. The molecule has 0 aliphatic carbocycles. The maximum atomic E-state index is 12.3. The number of unbranched alkanes of at least 4 members (excludes halogenated alkanes) is 12. The molecule has 0 spiro atoms. The second-order valence-corrected chi connectivity index (χ2v) is 12.9. The van der Waals surface area contributed by atoms with Gasteiger partial charge in [-0.3, -0.25) is 14.4 Å². The molecular weight excluding hydrogens is 578 g/mol. The maximum absolute atomic E-state index is 12.3. The average molecular weight is 638 g/mol. The topological polar surface area (TPSA) is 173 Å². The predicted molar refractivity (Wildman–Crippen MR) is 172 cm³/mol. The van der Waals surface area contributed by atoms with E-state index in [-0.39, 0.29) is 43.3 Å². The number of aromatic nitrogens is 4. The van der Waals surface area contributed by atoms with Gasteiger partial charge in [0, 0.05) is 37.7 Å². The molecule has 258 valence electrons. The molecule has 1 amide bonds. The van der Waals surface area contributed by atoms with Gasteiger partial charge >= 0.3 is 5.97 Å². The number of nitrogens with zero attached hydrogens (tertiary/aromatic N) is 3. The van der Waals surface area contributed by atoms with E-state index >= 15 is 0 Å². The van der Waals surface area contributed by atoms with Gasteiger partial charge in [0.2, 0.25) is 5.91 Å². The number of nitrogens with one attached hydrogen (secondary N) is 2. The summed E-state index contributed by atoms with van der Waals surface area (Å²) in [5.74, 6) is -0.620. The fourth-order valence-corrected chi connectivity index (χ4v) is 4.73. The SMILES string of the molecule is CC(C)(C)C(=O)COCCOCCCC(=O)CCC(NC(=O)CCCCCCCCCCCCCCCc1nn[nH]n1)C(=O)O. The lowest BCUT2D eigenvalue weighted by Crippen LogP contribution is -2.41. The Hall–Kier alpha value is -2.73. The minimum absolute atomic E-state index is 0.0316. The van der Waals surface area contributed by atoms with Gasteiger partial charge in [-0.05, 0) is 25.7 Å². The van der Waals surface area contributed by atoms with Crippen LogP contribution in [0.2, 0.25) is 0 Å². The summed E-state index contributed by atoms with van der Waals surface area (Å²) in [5, 5.41) is 26.0. The Balaban J connectivity index is 1.94. The second-order valence-electron chi connectivity index (χ2n) is 12.9. The predicted octanol–water partition coefficient (Wildman–Crippen LogP) is 5.55. The molecule has 1 unspecified atom stereocenters. The number of rotatable bonds is 30. The van der Waals surface area contributed by atoms with Gasteiger partial charge in [0.05, 0.1) is 13.2 Å². The number of carbonyl (C=O) groups is 4. The molecule has 0 saturated heterocycles. The number of carbonyl (C=O) groups excluding carboxylic acids is 3. The van der Waals surface area contributed by atoms with Crippen molar-refractivity contribution < 1.29 is 33.8 Å². The van der Waals surface area contributed by atoms with Crippen molar-refractivity contribution in [2.24, 2.45) is 5.41 Å². The Kier molecular flexibility index (Phi) is 22.8. The molecule has 0 aliphatic heterocycles. The van der Waals surface area contributed by atoms with Crippen LogP contribution >= 0.6 is 0 Å². The maximum Gasteiger partial charge on any atom is 0.326 e. The summed E-state index contributed by atoms with van der Waals surface area (Å²) in [5.41, 5.74) is -0.427. The highest BCUT2D eigenvalue weighted by molar-refractivity contribution is 5.85. The number of ether oxygens (including phenoxy) is 2. The van der Waals surface area contributed by atoms with Crippen molar-refractivity contribution in [2.75, 3.05) is 26.4 Å². The molecule has 0 radical (unpaired) electrons. The summed E-state index contributed by atoms with van der Waals surface area (Å²) in [4.78, 5) is 47.8. The summed E-state index contributed by atoms with van der Waals surface area (Å²) in [6.45, 7) is 6.62. The lowest BCUT2D eigenvalue weighted by Gasteiger charge is -2.16. The van der Waals surface area contributed by atoms with Gasteiger partial charge < -0.3 is 19.9 Å². The molecule has 1 atom stereocenters. The monoisotopic (exact) mass is 637 g/mol. The van der Waals surface area contributed by atoms with Crippen LogP contribution < -0.4 is 5.32 Å². The number of H-pyrrole nitrogens is 1. The Morgan fingerprint density at radius 2 is 1.33 bits per heavy atom. The van der Waals surface area contributed by atoms with Gasteiger partial charge in [-0.25, -0.2) is 4.79 Å². The molecule has 1 rings (SSSR count). The number of tetrazole rings is 1. The Morgan fingerprint density at radius 3 is 1.89 bits per heavy atom. The highest BCUT2D eigenvalue weighted by atomic mass is 16.5. The number of hydrogen-bond donors (Lipinski definition) is 3. The molecule has 3 N–H and O–H groups in total. The second kappa shape index (κ2) is 25.5. The van der Waals surface area contributed by atoms with Crippen LogP contribution in [0, 0.1) is 5.41 Å². The third-order valence-electron chi connectivity index (χ3n) is 7.72. The summed E-state index contributed by atoms with van der Waals surface area (Å²) in [6.07, 6.45) is 17.3. The first-order valence-corrected chi connectivity index (χ1v) is 17.0. The number of carboxylic acids is 1. The molecule has 0 aromatic carbocycles. The van der Waals surface area contributed by atoms with Crippen LogP contribution in [0.1, 0.15) is 142 Å². The molecule has 45 heavy (non-hydrogen) atoms. The van der Waals surface area contributed by atoms with E-state index in [2.05, 4.69) is 25.9 Å². The summed E-state index contributed by atoms with van der Waals surface area (Å²) < 4.78 is 10.7. The fraction of sp³-hybridized carbons (Fsp3) is 0.848. The Morgan fingerprint density at radius 1 is 0.756 bits per heavy atom. The highest BCUT2D eigenvalue weighted by Crippen LogP contribution is 2.15. The van der Waals surface area contributed by atoms with Gasteiger partial charge in [0.25, 0.3) is 0 Å². The van der Waals surface area contributed by atoms with Gasteiger partial charge in [-0.1, -0.05) is 96.6 Å². The third-order valence-corrected chi connectivity index (χ3v) is 7.72. The minimum Gasteiger partial charge on any atom is -0.480 e. The van der Waals surface area contributed by atoms with Gasteiger partial charge in [0.15, 0.2) is 11.6 Å². The number of aryl methyl sites for hydroxylation is 1. The number of Topliss-reactive ketones (excluding diaryl/α,β-unsaturated/α-hetero) is 2. The van der Waals surface area contributed by atoms with Crippen molar-refractivity contribution in [1.29, 1.82) is 0 Å². The largest absolute Gasteiger partial charge is 0.480 e. The number of aliphatic carboxylic acids is 1. The van der Waals surface area contributed by atoms with Gasteiger partial charge in [0.1, 0.15) is 18.4 Å². The van der Waals surface area contributed by atoms with Crippen LogP contribution in [0.15, 0.2) is 0 Å². The molecule has 1 heterocycles. The highest BCUT2D eigenvalue weighted by Gasteiger charge is 2.21. The number of amides is 1. The Bertz CT molecular complexity index is 934. The van der Waals surface area contributed by atoms with Crippen LogP contribution in [0.5, 0.6) is 0 Å². The van der Waals surface area contributed by atoms with Crippen molar-refractivity contribution in [3.8, 4) is 0 Å². The van der Waals surface area contributed by atoms with Crippen LogP contribution in [0.3, 0.4) is 0 Å².